The predicted octanol–water partition coefficient (Wildman–Crippen LogP) is 9.33. The summed E-state index contributed by atoms with van der Waals surface area (Å²) in [6.45, 7) is 5.91. The predicted molar refractivity (Wildman–Crippen MR) is 262 cm³/mol. The third kappa shape index (κ3) is 12.2. The SMILES string of the molecule is C=CCO[C@@]12Oc3ccc(OC(=O)NCC)cc3[C@H]3[C@H](CCCCO)[C@@H](CCCCO)C=C(C(=NOCc4ccc([N+](=O)[O-])cc4)C[C@@H]1N(Cc1ccc(F)cc1)C(=O)C=Cc1ccc([N+](=O)[O-])cc1)[C@H]32. The monoisotopic (exact) mass is 975 g/mol. The average molecular weight is 976 g/mol. The summed E-state index contributed by atoms with van der Waals surface area (Å²) in [5, 5.41) is 50.3. The van der Waals surface area contributed by atoms with Crippen LogP contribution in [0.5, 0.6) is 11.5 Å². The lowest BCUT2D eigenvalue weighted by atomic mass is 9.55. The number of amides is 2. The fraction of sp³-hybridized carbons (Fsp3) is 0.377. The van der Waals surface area contributed by atoms with Gasteiger partial charge in [-0.25, -0.2) is 9.18 Å². The van der Waals surface area contributed by atoms with E-state index >= 15 is 4.79 Å². The number of unbranched alkanes of at least 4 members (excludes halogenated alkanes) is 2. The maximum Gasteiger partial charge on any atom is 0.412 e. The Labute approximate surface area is 410 Å². The number of ether oxygens (including phenoxy) is 3. The first-order chi connectivity index (χ1) is 34.4. The second-order valence-electron chi connectivity index (χ2n) is 17.7. The summed E-state index contributed by atoms with van der Waals surface area (Å²) in [6.07, 6.45) is 9.75. The number of oxime groups is 1. The van der Waals surface area contributed by atoms with E-state index in [1.807, 2.05) is 0 Å². The molecule has 3 aliphatic rings. The summed E-state index contributed by atoms with van der Waals surface area (Å²) in [5.74, 6) is -3.50. The molecule has 1 heterocycles. The van der Waals surface area contributed by atoms with E-state index in [2.05, 4.69) is 18.0 Å². The Morgan fingerprint density at radius 3 is 2.24 bits per heavy atom. The van der Waals surface area contributed by atoms with Crippen molar-refractivity contribution < 1.29 is 53.1 Å². The highest BCUT2D eigenvalue weighted by Gasteiger charge is 2.65. The van der Waals surface area contributed by atoms with Gasteiger partial charge >= 0.3 is 6.09 Å². The van der Waals surface area contributed by atoms with Gasteiger partial charge in [0.15, 0.2) is 0 Å². The van der Waals surface area contributed by atoms with Crippen molar-refractivity contribution in [2.75, 3.05) is 26.4 Å². The first-order valence-corrected chi connectivity index (χ1v) is 23.8. The second kappa shape index (κ2) is 24.0. The van der Waals surface area contributed by atoms with Crippen molar-refractivity contribution in [3.05, 3.63) is 170 Å². The first kappa shape index (κ1) is 51.6. The normalized spacial score (nSPS) is 21.5. The molecule has 3 N–H and O–H groups in total. The van der Waals surface area contributed by atoms with Crippen LogP contribution in [0.25, 0.3) is 6.08 Å². The largest absolute Gasteiger partial charge is 0.459 e. The molecular formula is C53H58FN5O12. The molecule has 18 heteroatoms. The Kier molecular flexibility index (Phi) is 17.5. The maximum atomic E-state index is 15.2. The Morgan fingerprint density at radius 1 is 0.930 bits per heavy atom. The Morgan fingerprint density at radius 2 is 1.59 bits per heavy atom. The lowest BCUT2D eigenvalue weighted by Crippen LogP contribution is -2.70. The number of allylic oxidation sites excluding steroid dienone is 1. The third-order valence-corrected chi connectivity index (χ3v) is 13.2. The molecule has 1 fully saturated rings. The van der Waals surface area contributed by atoms with Crippen LogP contribution in [-0.4, -0.2) is 80.9 Å². The van der Waals surface area contributed by atoms with Gasteiger partial charge in [0.2, 0.25) is 11.7 Å². The molecule has 0 spiro atoms. The van der Waals surface area contributed by atoms with E-state index < -0.39 is 51.3 Å². The molecule has 7 rings (SSSR count). The van der Waals surface area contributed by atoms with Gasteiger partial charge in [-0.3, -0.25) is 25.0 Å². The van der Waals surface area contributed by atoms with Crippen LogP contribution in [0.3, 0.4) is 0 Å². The van der Waals surface area contributed by atoms with Crippen molar-refractivity contribution in [3.8, 4) is 11.5 Å². The number of nitrogens with one attached hydrogen (secondary N) is 1. The molecule has 4 aromatic rings. The van der Waals surface area contributed by atoms with E-state index in [0.29, 0.717) is 78.8 Å². The number of fused-ring (bicyclic) bond motifs is 2. The number of carbonyl (C=O) groups excluding carboxylic acids is 2. The number of benzene rings is 4. The van der Waals surface area contributed by atoms with Crippen molar-refractivity contribution in [2.45, 2.75) is 82.8 Å². The minimum atomic E-state index is -1.70. The fourth-order valence-corrected chi connectivity index (χ4v) is 10.00. The fourth-order valence-electron chi connectivity index (χ4n) is 10.00. The summed E-state index contributed by atoms with van der Waals surface area (Å²) >= 11 is 0. The van der Waals surface area contributed by atoms with Gasteiger partial charge in [0.1, 0.15) is 30.0 Å². The maximum absolute atomic E-state index is 15.2. The van der Waals surface area contributed by atoms with Crippen LogP contribution < -0.4 is 14.8 Å². The number of rotatable bonds is 23. The molecule has 2 amide bonds. The highest BCUT2D eigenvalue weighted by molar-refractivity contribution is 6.03. The zero-order chi connectivity index (χ0) is 50.5. The molecular weight excluding hydrogens is 918 g/mol. The summed E-state index contributed by atoms with van der Waals surface area (Å²) in [5.41, 5.74) is 3.39. The molecule has 374 valence electrons. The molecule has 0 aromatic heterocycles. The van der Waals surface area contributed by atoms with E-state index in [-0.39, 0.29) is 68.4 Å². The van der Waals surface area contributed by atoms with E-state index in [0.717, 1.165) is 5.57 Å². The molecule has 1 aliphatic heterocycles. The Balaban J connectivity index is 1.45. The number of non-ortho nitro benzene ring substituents is 2. The zero-order valence-corrected chi connectivity index (χ0v) is 39.4. The quantitative estimate of drug-likeness (QED) is 0.0208. The van der Waals surface area contributed by atoms with Crippen LogP contribution in [0.15, 0.2) is 127 Å². The number of nitro groups is 2. The van der Waals surface area contributed by atoms with Crippen molar-refractivity contribution in [1.82, 2.24) is 10.2 Å². The second-order valence-corrected chi connectivity index (χ2v) is 17.7. The minimum Gasteiger partial charge on any atom is -0.459 e. The van der Waals surface area contributed by atoms with Crippen molar-refractivity contribution >= 4 is 35.2 Å². The topological polar surface area (TPSA) is 225 Å². The number of nitro benzene ring substituents is 2. The number of hydrogen-bond donors (Lipinski definition) is 3. The van der Waals surface area contributed by atoms with Crippen LogP contribution in [-0.2, 0) is 27.5 Å². The van der Waals surface area contributed by atoms with E-state index in [1.54, 1.807) is 66.4 Å². The Hall–Kier alpha value is -7.28. The number of aliphatic hydroxyl groups excluding tert-OH is 2. The van der Waals surface area contributed by atoms with Crippen LogP contribution in [0, 0.1) is 43.8 Å². The number of nitrogens with zero attached hydrogens (tertiary/aromatic N) is 4. The van der Waals surface area contributed by atoms with Gasteiger partial charge < -0.3 is 39.5 Å². The molecule has 6 atom stereocenters. The van der Waals surface area contributed by atoms with Gasteiger partial charge in [0.25, 0.3) is 11.4 Å². The van der Waals surface area contributed by atoms with Gasteiger partial charge in [0.05, 0.1) is 28.1 Å². The molecule has 4 aromatic carbocycles. The van der Waals surface area contributed by atoms with Crippen LogP contribution in [0.4, 0.5) is 20.6 Å². The molecule has 2 aliphatic carbocycles. The Bertz CT molecular complexity index is 2620. The lowest BCUT2D eigenvalue weighted by Gasteiger charge is -2.60. The molecule has 0 bridgehead atoms. The van der Waals surface area contributed by atoms with Gasteiger partial charge in [-0.05, 0) is 127 Å². The van der Waals surface area contributed by atoms with Gasteiger partial charge in [-0.15, -0.1) is 6.58 Å². The smallest absolute Gasteiger partial charge is 0.412 e. The van der Waals surface area contributed by atoms with Crippen molar-refractivity contribution in [3.63, 3.8) is 0 Å². The van der Waals surface area contributed by atoms with Crippen molar-refractivity contribution in [2.24, 2.45) is 22.9 Å². The molecule has 0 saturated heterocycles. The summed E-state index contributed by atoms with van der Waals surface area (Å²) in [4.78, 5) is 57.6. The molecule has 71 heavy (non-hydrogen) atoms. The zero-order valence-electron chi connectivity index (χ0n) is 39.4. The molecule has 0 radical (unpaired) electrons. The molecule has 1 saturated carbocycles. The highest BCUT2D eigenvalue weighted by atomic mass is 19.1. The van der Waals surface area contributed by atoms with E-state index in [1.165, 1.54) is 54.6 Å². The third-order valence-electron chi connectivity index (χ3n) is 13.2. The van der Waals surface area contributed by atoms with Crippen LogP contribution in [0.1, 0.15) is 80.0 Å². The average Bonchev–Trinajstić information content (AvgIpc) is 3.36. The number of carbonyl (C=O) groups is 2. The van der Waals surface area contributed by atoms with Crippen LogP contribution in [0.2, 0.25) is 0 Å². The number of aliphatic hydroxyl groups is 2. The molecule has 17 nitrogen and oxygen atoms in total. The van der Waals surface area contributed by atoms with Gasteiger partial charge in [-0.1, -0.05) is 42.3 Å². The summed E-state index contributed by atoms with van der Waals surface area (Å²) < 4.78 is 34.6. The van der Waals surface area contributed by atoms with Crippen LogP contribution >= 0.6 is 0 Å². The van der Waals surface area contributed by atoms with Crippen molar-refractivity contribution in [1.29, 1.82) is 0 Å². The van der Waals surface area contributed by atoms with Gasteiger partial charge in [0, 0.05) is 74.5 Å². The minimum absolute atomic E-state index is 0.00164. The lowest BCUT2D eigenvalue weighted by molar-refractivity contribution is -0.385. The summed E-state index contributed by atoms with van der Waals surface area (Å²) in [7, 11) is 0. The number of hydrogen-bond acceptors (Lipinski definition) is 13. The number of halogens is 1. The van der Waals surface area contributed by atoms with E-state index in [9.17, 15) is 39.6 Å². The molecule has 0 unspecified atom stereocenters. The highest BCUT2D eigenvalue weighted by Crippen LogP contribution is 2.62. The standard InChI is InChI=1S/C53H58FN5O12/c1-3-29-68-53-48(57(33-36-11-18-39(54)19-12-36)49(62)26-17-35-13-20-40(21-14-35)58(64)65)32-46(56-69-34-37-15-22-41(23-16-37)59(66)67)44-30-38(9-5-7-27-60)43(10-6-8-28-61)50(51(44)53)45-31-42(24-25-47(45)71-53)70-52(63)55-4-2/h3,11-26,30-31,38,43,48,50-51,60-61H,1,4-10,27-29,32-34H2,2H3,(H,55,63)/t38-,43+,48-,50+,51+,53+/m0/s1. The van der Waals surface area contributed by atoms with Gasteiger partial charge in [-0.2, -0.15) is 0 Å². The summed E-state index contributed by atoms with van der Waals surface area (Å²) in [6, 6.07) is 21.5. The van der Waals surface area contributed by atoms with E-state index in [4.69, 9.17) is 24.2 Å². The first-order valence-electron chi connectivity index (χ1n) is 23.8.